The number of carboxylic acid groups (broad SMARTS) is 1. The van der Waals surface area contributed by atoms with Gasteiger partial charge in [0.2, 0.25) is 0 Å². The van der Waals surface area contributed by atoms with E-state index in [-0.39, 0.29) is 6.04 Å². The molecule has 0 radical (unpaired) electrons. The number of nitro benzene ring substituents is 3. The Balaban J connectivity index is 0.000000300. The zero-order valence-corrected chi connectivity index (χ0v) is 12.5. The SMILES string of the molecule is O=C(O)[C@@H]1CSC[NH2+]1.O=[N+]([O-])c1cc([N+](=O)[O-])c([O-])c([N+](=O)[O-])c1. The Bertz CT molecular complexity index is 654. The molecule has 2 rings (SSSR count). The van der Waals surface area contributed by atoms with Gasteiger partial charge < -0.3 is 15.5 Å². The highest BCUT2D eigenvalue weighted by Crippen LogP contribution is 2.36. The van der Waals surface area contributed by atoms with Gasteiger partial charge in [-0.2, -0.15) is 0 Å². The van der Waals surface area contributed by atoms with Crippen LogP contribution < -0.4 is 10.4 Å². The molecule has 0 saturated carbocycles. The Morgan fingerprint density at radius 2 is 1.62 bits per heavy atom. The maximum absolute atomic E-state index is 11.1. The third-order valence-electron chi connectivity index (χ3n) is 2.75. The van der Waals surface area contributed by atoms with Crippen molar-refractivity contribution >= 4 is 34.8 Å². The van der Waals surface area contributed by atoms with Crippen LogP contribution in [0.1, 0.15) is 0 Å². The molecule has 1 aromatic rings. The number of non-ortho nitro benzene ring substituents is 1. The van der Waals surface area contributed by atoms with Gasteiger partial charge in [0.05, 0.1) is 38.4 Å². The van der Waals surface area contributed by atoms with Gasteiger partial charge in [-0.25, -0.2) is 4.79 Å². The Morgan fingerprint density at radius 1 is 1.12 bits per heavy atom. The molecule has 130 valence electrons. The fraction of sp³-hybridized carbons (Fsp3) is 0.300. The summed E-state index contributed by atoms with van der Waals surface area (Å²) in [7, 11) is 0. The highest BCUT2D eigenvalue weighted by molar-refractivity contribution is 7.99. The predicted octanol–water partition coefficient (Wildman–Crippen LogP) is -0.808. The van der Waals surface area contributed by atoms with E-state index in [1.54, 1.807) is 11.8 Å². The lowest BCUT2D eigenvalue weighted by atomic mass is 10.2. The molecule has 13 nitrogen and oxygen atoms in total. The average molecular weight is 362 g/mol. The van der Waals surface area contributed by atoms with Gasteiger partial charge in [-0.3, -0.25) is 30.3 Å². The minimum Gasteiger partial charge on any atom is -0.863 e. The molecule has 0 unspecified atom stereocenters. The molecule has 1 aromatic carbocycles. The van der Waals surface area contributed by atoms with E-state index >= 15 is 0 Å². The van der Waals surface area contributed by atoms with Crippen LogP contribution in [0.3, 0.4) is 0 Å². The molecule has 1 aliphatic rings. The maximum Gasteiger partial charge on any atom is 0.363 e. The minimum absolute atomic E-state index is 0.181. The van der Waals surface area contributed by atoms with Crippen LogP contribution in [0.15, 0.2) is 12.1 Å². The molecule has 0 aromatic heterocycles. The monoisotopic (exact) mass is 362 g/mol. The molecule has 0 bridgehead atoms. The molecule has 0 spiro atoms. The first-order chi connectivity index (χ1) is 11.1. The van der Waals surface area contributed by atoms with E-state index in [9.17, 15) is 40.2 Å². The zero-order valence-electron chi connectivity index (χ0n) is 11.7. The highest BCUT2D eigenvalue weighted by Gasteiger charge is 2.25. The number of thioether (sulfide) groups is 1. The predicted molar refractivity (Wildman–Crippen MR) is 76.5 cm³/mol. The van der Waals surface area contributed by atoms with Crippen molar-refractivity contribution < 1.29 is 35.1 Å². The first-order valence-corrected chi connectivity index (χ1v) is 7.22. The standard InChI is InChI=1S/C6H3N3O7.C4H7NO2S/c10-6-4(8(13)14)1-3(7(11)12)2-5(6)9(15)16;6-4(7)3-1-8-2-5-3/h1-2,10H;3,5H,1-2H2,(H,6,7)/t;3-/m.0/s1. The number of hydrogen-bond donors (Lipinski definition) is 2. The van der Waals surface area contributed by atoms with E-state index in [1.807, 2.05) is 5.32 Å². The van der Waals surface area contributed by atoms with E-state index in [4.69, 9.17) is 5.11 Å². The van der Waals surface area contributed by atoms with Crippen molar-refractivity contribution in [1.29, 1.82) is 0 Å². The molecule has 0 aliphatic carbocycles. The maximum atomic E-state index is 11.1. The summed E-state index contributed by atoms with van der Waals surface area (Å²) in [5.74, 6) is -0.484. The summed E-state index contributed by atoms with van der Waals surface area (Å²) < 4.78 is 0. The Labute approximate surface area is 136 Å². The van der Waals surface area contributed by atoms with E-state index < -0.39 is 43.6 Å². The molecule has 14 heteroatoms. The fourth-order valence-electron chi connectivity index (χ4n) is 1.58. The topological polar surface area (TPSA) is 206 Å². The van der Waals surface area contributed by atoms with Crippen molar-refractivity contribution in [1.82, 2.24) is 0 Å². The van der Waals surface area contributed by atoms with Gasteiger partial charge in [-0.15, -0.1) is 0 Å². The van der Waals surface area contributed by atoms with Gasteiger partial charge in [-0.05, 0) is 0 Å². The summed E-state index contributed by atoms with van der Waals surface area (Å²) in [6.07, 6.45) is 0. The summed E-state index contributed by atoms with van der Waals surface area (Å²) >= 11 is 1.67. The molecule has 1 atom stereocenters. The molecular weight excluding hydrogens is 352 g/mol. The number of benzene rings is 1. The van der Waals surface area contributed by atoms with Crippen LogP contribution in [0, 0.1) is 30.3 Å². The lowest BCUT2D eigenvalue weighted by Crippen LogP contribution is -2.88. The van der Waals surface area contributed by atoms with Crippen molar-refractivity contribution in [2.24, 2.45) is 0 Å². The third-order valence-corrected chi connectivity index (χ3v) is 3.77. The van der Waals surface area contributed by atoms with Gasteiger partial charge in [0, 0.05) is 0 Å². The van der Waals surface area contributed by atoms with Crippen LogP contribution in [-0.2, 0) is 4.79 Å². The Kier molecular flexibility index (Phi) is 6.37. The molecule has 0 amide bonds. The van der Waals surface area contributed by atoms with Crippen LogP contribution in [0.4, 0.5) is 17.1 Å². The van der Waals surface area contributed by atoms with Crippen LogP contribution in [0.2, 0.25) is 0 Å². The van der Waals surface area contributed by atoms with Crippen LogP contribution in [-0.4, -0.2) is 43.5 Å². The summed E-state index contributed by atoms with van der Waals surface area (Å²) in [4.78, 5) is 37.7. The number of carbonyl (C=O) groups is 1. The second-order valence-electron chi connectivity index (χ2n) is 4.30. The Morgan fingerprint density at radius 3 is 1.88 bits per heavy atom. The van der Waals surface area contributed by atoms with Gasteiger partial charge in [0.1, 0.15) is 5.88 Å². The minimum atomic E-state index is -1.46. The average Bonchev–Trinajstić information content (AvgIpc) is 3.01. The van der Waals surface area contributed by atoms with Gasteiger partial charge >= 0.3 is 5.97 Å². The second kappa shape index (κ2) is 8.02. The van der Waals surface area contributed by atoms with E-state index in [0.29, 0.717) is 12.1 Å². The van der Waals surface area contributed by atoms with Crippen molar-refractivity contribution in [2.45, 2.75) is 6.04 Å². The highest BCUT2D eigenvalue weighted by atomic mass is 32.2. The third kappa shape index (κ3) is 4.75. The first kappa shape index (κ1) is 19.0. The number of carboxylic acids is 1. The van der Waals surface area contributed by atoms with Crippen molar-refractivity contribution in [3.05, 3.63) is 42.5 Å². The number of nitrogens with zero attached hydrogens (tertiary/aromatic N) is 3. The summed E-state index contributed by atoms with van der Waals surface area (Å²) in [6, 6.07) is 0.588. The Hall–Kier alpha value is -3.00. The number of nitrogens with two attached hydrogens (primary N) is 1. The van der Waals surface area contributed by atoms with Crippen LogP contribution in [0.25, 0.3) is 0 Å². The molecule has 3 N–H and O–H groups in total. The molecular formula is C10H10N4O9S. The number of quaternary nitrogens is 1. The zero-order chi connectivity index (χ0) is 18.4. The quantitative estimate of drug-likeness (QED) is 0.503. The van der Waals surface area contributed by atoms with Gasteiger partial charge in [0.25, 0.3) is 17.1 Å². The lowest BCUT2D eigenvalue weighted by Gasteiger charge is -2.06. The molecule has 1 fully saturated rings. The number of hydrogen-bond acceptors (Lipinski definition) is 9. The fourth-order valence-corrected chi connectivity index (χ4v) is 2.62. The number of aliphatic carboxylic acids is 1. The number of nitro groups is 3. The van der Waals surface area contributed by atoms with Crippen LogP contribution >= 0.6 is 11.8 Å². The molecule has 1 saturated heterocycles. The van der Waals surface area contributed by atoms with E-state index in [1.165, 1.54) is 0 Å². The van der Waals surface area contributed by atoms with Crippen molar-refractivity contribution in [3.8, 4) is 5.75 Å². The summed E-state index contributed by atoms with van der Waals surface area (Å²) in [5.41, 5.74) is -3.26. The van der Waals surface area contributed by atoms with Gasteiger partial charge in [0.15, 0.2) is 6.04 Å². The normalized spacial score (nSPS) is 15.9. The summed E-state index contributed by atoms with van der Waals surface area (Å²) in [5, 5.41) is 52.3. The van der Waals surface area contributed by atoms with Crippen LogP contribution in [0.5, 0.6) is 5.75 Å². The smallest absolute Gasteiger partial charge is 0.363 e. The summed E-state index contributed by atoms with van der Waals surface area (Å²) in [6.45, 7) is 0. The van der Waals surface area contributed by atoms with E-state index in [0.717, 1.165) is 11.6 Å². The molecule has 1 heterocycles. The lowest BCUT2D eigenvalue weighted by molar-refractivity contribution is -0.649. The van der Waals surface area contributed by atoms with Crippen molar-refractivity contribution in [3.63, 3.8) is 0 Å². The second-order valence-corrected chi connectivity index (χ2v) is 5.38. The van der Waals surface area contributed by atoms with E-state index in [2.05, 4.69) is 0 Å². The van der Waals surface area contributed by atoms with Crippen molar-refractivity contribution in [2.75, 3.05) is 11.6 Å². The largest absolute Gasteiger partial charge is 0.863 e. The van der Waals surface area contributed by atoms with Gasteiger partial charge in [-0.1, -0.05) is 11.8 Å². The molecule has 1 aliphatic heterocycles. The first-order valence-electron chi connectivity index (χ1n) is 6.07. The molecule has 24 heavy (non-hydrogen) atoms. The number of rotatable bonds is 4.